The maximum atomic E-state index is 11.9. The molecule has 1 rings (SSSR count). The van der Waals surface area contributed by atoms with Crippen LogP contribution in [0, 0.1) is 0 Å². The molecule has 1 N–H and O–H groups in total. The zero-order valence-electron chi connectivity index (χ0n) is 10.8. The van der Waals surface area contributed by atoms with E-state index in [-0.39, 0.29) is 18.1 Å². The molecule has 1 aliphatic heterocycles. The second-order valence-electron chi connectivity index (χ2n) is 4.91. The van der Waals surface area contributed by atoms with Crippen molar-refractivity contribution in [3.8, 4) is 0 Å². The monoisotopic (exact) mass is 228 g/mol. The smallest absolute Gasteiger partial charge is 0.224 e. The van der Waals surface area contributed by atoms with Crippen molar-refractivity contribution >= 4 is 5.91 Å². The first-order chi connectivity index (χ1) is 7.49. The summed E-state index contributed by atoms with van der Waals surface area (Å²) in [5, 5.41) is 3.26. The molecule has 0 aromatic heterocycles. The molecule has 0 saturated carbocycles. The molecule has 0 aromatic carbocycles. The number of nitrogens with zero attached hydrogens (tertiary/aromatic N) is 1. The van der Waals surface area contributed by atoms with Crippen molar-refractivity contribution in [1.29, 1.82) is 0 Å². The molecule has 1 aliphatic rings. The molecule has 1 amide bonds. The topological polar surface area (TPSA) is 41.6 Å². The Morgan fingerprint density at radius 2 is 1.94 bits per heavy atom. The normalized spacial score (nSPS) is 26.2. The Morgan fingerprint density at radius 3 is 2.44 bits per heavy atom. The number of hydrogen-bond acceptors (Lipinski definition) is 3. The molecule has 1 fully saturated rings. The number of ether oxygens (including phenoxy) is 1. The van der Waals surface area contributed by atoms with E-state index >= 15 is 0 Å². The highest BCUT2D eigenvalue weighted by Crippen LogP contribution is 2.11. The Labute approximate surface area is 98.3 Å². The zero-order chi connectivity index (χ0) is 12.1. The van der Waals surface area contributed by atoms with Crippen molar-refractivity contribution in [1.82, 2.24) is 10.2 Å². The maximum Gasteiger partial charge on any atom is 0.224 e. The van der Waals surface area contributed by atoms with Crippen molar-refractivity contribution in [3.05, 3.63) is 0 Å². The van der Waals surface area contributed by atoms with Crippen LogP contribution in [0.3, 0.4) is 0 Å². The zero-order valence-corrected chi connectivity index (χ0v) is 10.8. The van der Waals surface area contributed by atoms with Gasteiger partial charge in [0.2, 0.25) is 5.91 Å². The summed E-state index contributed by atoms with van der Waals surface area (Å²) in [5.41, 5.74) is 0. The first-order valence-electron chi connectivity index (χ1n) is 6.15. The first kappa shape index (κ1) is 13.5. The van der Waals surface area contributed by atoms with Gasteiger partial charge in [0.05, 0.1) is 12.2 Å². The summed E-state index contributed by atoms with van der Waals surface area (Å²) in [7, 11) is 0. The van der Waals surface area contributed by atoms with E-state index in [1.807, 2.05) is 18.7 Å². The average molecular weight is 228 g/mol. The summed E-state index contributed by atoms with van der Waals surface area (Å²) in [6, 6.07) is 0.440. The van der Waals surface area contributed by atoms with Gasteiger partial charge >= 0.3 is 0 Å². The third-order valence-electron chi connectivity index (χ3n) is 2.66. The largest absolute Gasteiger partial charge is 0.372 e. The van der Waals surface area contributed by atoms with E-state index in [1.54, 1.807) is 0 Å². The lowest BCUT2D eigenvalue weighted by Gasteiger charge is -2.35. The lowest BCUT2D eigenvalue weighted by molar-refractivity contribution is -0.143. The Hall–Kier alpha value is -0.610. The van der Waals surface area contributed by atoms with Crippen LogP contribution in [0.5, 0.6) is 0 Å². The van der Waals surface area contributed by atoms with Gasteiger partial charge in [0, 0.05) is 32.1 Å². The molecular formula is C12H24N2O2. The Kier molecular flexibility index (Phi) is 5.22. The number of carbonyl (C=O) groups is 1. The lowest BCUT2D eigenvalue weighted by Crippen LogP contribution is -2.48. The van der Waals surface area contributed by atoms with Crippen LogP contribution in [0.2, 0.25) is 0 Å². The number of rotatable bonds is 4. The predicted octanol–water partition coefficient (Wildman–Crippen LogP) is 1.01. The van der Waals surface area contributed by atoms with E-state index in [0.29, 0.717) is 12.5 Å². The van der Waals surface area contributed by atoms with E-state index in [2.05, 4.69) is 19.2 Å². The minimum absolute atomic E-state index is 0.158. The van der Waals surface area contributed by atoms with Gasteiger partial charge < -0.3 is 15.0 Å². The quantitative estimate of drug-likeness (QED) is 0.781. The van der Waals surface area contributed by atoms with Gasteiger partial charge in [0.25, 0.3) is 0 Å². The third-order valence-corrected chi connectivity index (χ3v) is 2.66. The number of carbonyl (C=O) groups excluding carboxylic acids is 1. The Bertz CT molecular complexity index is 221. The third kappa shape index (κ3) is 4.49. The van der Waals surface area contributed by atoms with Crippen molar-refractivity contribution in [2.45, 2.75) is 52.4 Å². The molecule has 1 saturated heterocycles. The van der Waals surface area contributed by atoms with E-state index in [9.17, 15) is 4.79 Å². The van der Waals surface area contributed by atoms with Crippen LogP contribution in [-0.4, -0.2) is 48.7 Å². The summed E-state index contributed by atoms with van der Waals surface area (Å²) in [6.45, 7) is 10.4. The molecule has 0 aromatic rings. The fraction of sp³-hybridized carbons (Fsp3) is 0.917. The fourth-order valence-electron chi connectivity index (χ4n) is 2.01. The van der Waals surface area contributed by atoms with Crippen LogP contribution in [0.25, 0.3) is 0 Å². The van der Waals surface area contributed by atoms with E-state index in [0.717, 1.165) is 19.6 Å². The number of morpholine rings is 1. The van der Waals surface area contributed by atoms with E-state index in [1.165, 1.54) is 0 Å². The van der Waals surface area contributed by atoms with Gasteiger partial charge in [0.15, 0.2) is 0 Å². The van der Waals surface area contributed by atoms with Gasteiger partial charge in [-0.2, -0.15) is 0 Å². The van der Waals surface area contributed by atoms with Crippen LogP contribution in [0.4, 0.5) is 0 Å². The molecule has 4 heteroatoms. The summed E-state index contributed by atoms with van der Waals surface area (Å²) in [5.74, 6) is 0.232. The lowest BCUT2D eigenvalue weighted by atomic mass is 10.2. The minimum atomic E-state index is 0.158. The van der Waals surface area contributed by atoms with E-state index < -0.39 is 0 Å². The molecule has 0 radical (unpaired) electrons. The number of amides is 1. The van der Waals surface area contributed by atoms with Gasteiger partial charge in [-0.05, 0) is 13.8 Å². The van der Waals surface area contributed by atoms with Gasteiger partial charge in [0.1, 0.15) is 0 Å². The molecule has 0 aliphatic carbocycles. The van der Waals surface area contributed by atoms with Crippen LogP contribution >= 0.6 is 0 Å². The van der Waals surface area contributed by atoms with Crippen molar-refractivity contribution in [3.63, 3.8) is 0 Å². The van der Waals surface area contributed by atoms with Crippen LogP contribution < -0.4 is 5.32 Å². The summed E-state index contributed by atoms with van der Waals surface area (Å²) in [4.78, 5) is 13.8. The van der Waals surface area contributed by atoms with Crippen molar-refractivity contribution < 1.29 is 9.53 Å². The van der Waals surface area contributed by atoms with E-state index in [4.69, 9.17) is 4.74 Å². The van der Waals surface area contributed by atoms with Crippen molar-refractivity contribution in [2.24, 2.45) is 0 Å². The summed E-state index contributed by atoms with van der Waals surface area (Å²) in [6.07, 6.45) is 0.897. The Morgan fingerprint density at radius 1 is 1.38 bits per heavy atom. The van der Waals surface area contributed by atoms with Crippen molar-refractivity contribution in [2.75, 3.05) is 19.6 Å². The van der Waals surface area contributed by atoms with Crippen LogP contribution in [0.15, 0.2) is 0 Å². The molecule has 94 valence electrons. The van der Waals surface area contributed by atoms with Crippen LogP contribution in [-0.2, 0) is 9.53 Å². The number of nitrogens with one attached hydrogen (secondary N) is 1. The highest BCUT2D eigenvalue weighted by molar-refractivity contribution is 5.76. The second-order valence-corrected chi connectivity index (χ2v) is 4.91. The predicted molar refractivity (Wildman–Crippen MR) is 64.3 cm³/mol. The molecule has 1 heterocycles. The maximum absolute atomic E-state index is 11.9. The summed E-state index contributed by atoms with van der Waals surface area (Å²) >= 11 is 0. The molecule has 0 spiro atoms. The second kappa shape index (κ2) is 6.21. The molecule has 16 heavy (non-hydrogen) atoms. The highest BCUT2D eigenvalue weighted by Gasteiger charge is 2.25. The molecular weight excluding hydrogens is 204 g/mol. The standard InChI is InChI=1S/C12H24N2O2/c1-9(2)13-6-5-12(15)14-7-10(3)16-11(4)8-14/h9-11,13H,5-8H2,1-4H3/t10-,11+. The molecule has 2 atom stereocenters. The SMILES string of the molecule is CC(C)NCCC(=O)N1C[C@@H](C)O[C@@H](C)C1. The first-order valence-corrected chi connectivity index (χ1v) is 6.15. The van der Waals surface area contributed by atoms with Gasteiger partial charge in [-0.25, -0.2) is 0 Å². The van der Waals surface area contributed by atoms with Gasteiger partial charge in [-0.15, -0.1) is 0 Å². The summed E-state index contributed by atoms with van der Waals surface area (Å²) < 4.78 is 5.60. The minimum Gasteiger partial charge on any atom is -0.372 e. The van der Waals surface area contributed by atoms with Gasteiger partial charge in [-0.3, -0.25) is 4.79 Å². The molecule has 4 nitrogen and oxygen atoms in total. The van der Waals surface area contributed by atoms with Crippen LogP contribution in [0.1, 0.15) is 34.1 Å². The highest BCUT2D eigenvalue weighted by atomic mass is 16.5. The fourth-order valence-corrected chi connectivity index (χ4v) is 2.01. The van der Waals surface area contributed by atoms with Gasteiger partial charge in [-0.1, -0.05) is 13.8 Å². The molecule has 0 unspecified atom stereocenters. The number of hydrogen-bond donors (Lipinski definition) is 1. The Balaban J connectivity index is 2.30. The molecule has 0 bridgehead atoms. The average Bonchev–Trinajstić information content (AvgIpc) is 2.15.